The Hall–Kier alpha value is -1.26. The molecule has 0 saturated heterocycles. The minimum Gasteiger partial charge on any atom is -0.465 e. The van der Waals surface area contributed by atoms with E-state index < -0.39 is 12.2 Å². The van der Waals surface area contributed by atoms with Gasteiger partial charge < -0.3 is 15.1 Å². The molecule has 0 aliphatic carbocycles. The fraction of sp³-hybridized carbons (Fsp3) is 0.462. The van der Waals surface area contributed by atoms with Crippen LogP contribution in [0.15, 0.2) is 24.3 Å². The van der Waals surface area contributed by atoms with Crippen molar-refractivity contribution in [3.8, 4) is 0 Å². The van der Waals surface area contributed by atoms with Gasteiger partial charge >= 0.3 is 6.09 Å². The van der Waals surface area contributed by atoms with Crippen molar-refractivity contribution in [2.75, 3.05) is 13.1 Å². The van der Waals surface area contributed by atoms with Crippen molar-refractivity contribution in [3.63, 3.8) is 0 Å². The van der Waals surface area contributed by atoms with Gasteiger partial charge in [-0.1, -0.05) is 36.7 Å². The van der Waals surface area contributed by atoms with E-state index in [1.54, 1.807) is 6.07 Å². The Labute approximate surface area is 112 Å². The summed E-state index contributed by atoms with van der Waals surface area (Å²) >= 11 is 5.99. The summed E-state index contributed by atoms with van der Waals surface area (Å²) in [5.41, 5.74) is 0.827. The van der Waals surface area contributed by atoms with Gasteiger partial charge in [0.15, 0.2) is 0 Å². The lowest BCUT2D eigenvalue weighted by molar-refractivity contribution is 0.0967. The second kappa shape index (κ2) is 7.24. The zero-order valence-corrected chi connectivity index (χ0v) is 11.1. The number of rotatable bonds is 6. The number of carboxylic acid groups (broad SMARTS) is 1. The van der Waals surface area contributed by atoms with Gasteiger partial charge in [-0.25, -0.2) is 4.79 Å². The summed E-state index contributed by atoms with van der Waals surface area (Å²) in [6, 6.07) is 7.24. The van der Waals surface area contributed by atoms with Gasteiger partial charge in [-0.15, -0.1) is 0 Å². The van der Waals surface area contributed by atoms with Crippen molar-refractivity contribution in [3.05, 3.63) is 34.9 Å². The van der Waals surface area contributed by atoms with E-state index in [1.165, 1.54) is 4.90 Å². The number of hydrogen-bond acceptors (Lipinski definition) is 2. The Morgan fingerprint density at radius 2 is 2.11 bits per heavy atom. The topological polar surface area (TPSA) is 60.8 Å². The van der Waals surface area contributed by atoms with Gasteiger partial charge in [-0.05, 0) is 18.1 Å². The Balaban J connectivity index is 2.57. The zero-order valence-electron chi connectivity index (χ0n) is 10.3. The SMILES string of the molecule is CCCN(C[C@H](O)Cc1ccccc1Cl)C(=O)O. The first-order valence-corrected chi connectivity index (χ1v) is 6.31. The number of aliphatic hydroxyl groups excluding tert-OH is 1. The van der Waals surface area contributed by atoms with Crippen LogP contribution in [0, 0.1) is 0 Å². The maximum absolute atomic E-state index is 10.9. The molecule has 0 heterocycles. The van der Waals surface area contributed by atoms with Crippen molar-refractivity contribution in [1.82, 2.24) is 4.90 Å². The number of halogens is 1. The molecular formula is C13H18ClNO3. The molecule has 18 heavy (non-hydrogen) atoms. The first kappa shape index (κ1) is 14.8. The van der Waals surface area contributed by atoms with Crippen LogP contribution >= 0.6 is 11.6 Å². The second-order valence-corrected chi connectivity index (χ2v) is 4.59. The summed E-state index contributed by atoms with van der Waals surface area (Å²) in [7, 11) is 0. The third-order valence-corrected chi connectivity index (χ3v) is 2.98. The first-order chi connectivity index (χ1) is 8.54. The quantitative estimate of drug-likeness (QED) is 0.836. The Kier molecular flexibility index (Phi) is 5.95. The van der Waals surface area contributed by atoms with Crippen molar-refractivity contribution in [1.29, 1.82) is 0 Å². The molecule has 0 unspecified atom stereocenters. The van der Waals surface area contributed by atoms with Crippen LogP contribution in [0.4, 0.5) is 4.79 Å². The van der Waals surface area contributed by atoms with Crippen LogP contribution < -0.4 is 0 Å². The van der Waals surface area contributed by atoms with E-state index in [9.17, 15) is 9.90 Å². The molecule has 4 nitrogen and oxygen atoms in total. The van der Waals surface area contributed by atoms with E-state index in [0.717, 1.165) is 12.0 Å². The number of hydrogen-bond donors (Lipinski definition) is 2. The van der Waals surface area contributed by atoms with Gasteiger partial charge in [0.1, 0.15) is 0 Å². The number of nitrogens with zero attached hydrogens (tertiary/aromatic N) is 1. The predicted molar refractivity (Wildman–Crippen MR) is 71.1 cm³/mol. The molecule has 1 atom stereocenters. The van der Waals surface area contributed by atoms with Crippen LogP contribution in [-0.4, -0.2) is 40.4 Å². The van der Waals surface area contributed by atoms with Gasteiger partial charge in [-0.2, -0.15) is 0 Å². The van der Waals surface area contributed by atoms with Crippen molar-refractivity contribution < 1.29 is 15.0 Å². The molecule has 0 aliphatic heterocycles. The summed E-state index contributed by atoms with van der Waals surface area (Å²) in [5, 5.41) is 19.5. The van der Waals surface area contributed by atoms with Crippen LogP contribution in [0.5, 0.6) is 0 Å². The molecule has 1 rings (SSSR count). The Morgan fingerprint density at radius 1 is 1.44 bits per heavy atom. The lowest BCUT2D eigenvalue weighted by Gasteiger charge is -2.22. The summed E-state index contributed by atoms with van der Waals surface area (Å²) in [6.07, 6.45) is -0.666. The van der Waals surface area contributed by atoms with Gasteiger partial charge in [0.2, 0.25) is 0 Å². The third-order valence-electron chi connectivity index (χ3n) is 2.61. The number of carbonyl (C=O) groups is 1. The monoisotopic (exact) mass is 271 g/mol. The van der Waals surface area contributed by atoms with Crippen LogP contribution in [0.25, 0.3) is 0 Å². The third kappa shape index (κ3) is 4.55. The van der Waals surface area contributed by atoms with E-state index in [1.807, 2.05) is 25.1 Å². The molecule has 0 saturated carbocycles. The average Bonchev–Trinajstić information content (AvgIpc) is 2.31. The van der Waals surface area contributed by atoms with Gasteiger partial charge in [0, 0.05) is 18.0 Å². The number of aliphatic hydroxyl groups is 1. The molecule has 1 aromatic carbocycles. The van der Waals surface area contributed by atoms with E-state index in [0.29, 0.717) is 18.0 Å². The molecule has 5 heteroatoms. The van der Waals surface area contributed by atoms with Crippen molar-refractivity contribution in [2.24, 2.45) is 0 Å². The molecule has 100 valence electrons. The lowest BCUT2D eigenvalue weighted by atomic mass is 10.1. The zero-order chi connectivity index (χ0) is 13.5. The largest absolute Gasteiger partial charge is 0.465 e. The lowest BCUT2D eigenvalue weighted by Crippen LogP contribution is -2.37. The molecule has 0 fully saturated rings. The standard InChI is InChI=1S/C13H18ClNO3/c1-2-7-15(13(17)18)9-11(16)8-10-5-3-4-6-12(10)14/h3-6,11,16H,2,7-9H2,1H3,(H,17,18)/t11-/m1/s1. The summed E-state index contributed by atoms with van der Waals surface area (Å²) in [6.45, 7) is 2.43. The summed E-state index contributed by atoms with van der Waals surface area (Å²) in [4.78, 5) is 12.2. The minimum absolute atomic E-state index is 0.106. The molecule has 1 aromatic rings. The molecule has 2 N–H and O–H groups in total. The van der Waals surface area contributed by atoms with Gasteiger partial charge in [0.05, 0.1) is 12.6 Å². The highest BCUT2D eigenvalue weighted by molar-refractivity contribution is 6.31. The van der Waals surface area contributed by atoms with E-state index in [-0.39, 0.29) is 6.54 Å². The highest BCUT2D eigenvalue weighted by Crippen LogP contribution is 2.17. The van der Waals surface area contributed by atoms with Crippen LogP contribution in [0.1, 0.15) is 18.9 Å². The van der Waals surface area contributed by atoms with Crippen LogP contribution in [-0.2, 0) is 6.42 Å². The van der Waals surface area contributed by atoms with E-state index >= 15 is 0 Å². The highest BCUT2D eigenvalue weighted by atomic mass is 35.5. The minimum atomic E-state index is -1.00. The summed E-state index contributed by atoms with van der Waals surface area (Å²) in [5.74, 6) is 0. The normalized spacial score (nSPS) is 12.2. The van der Waals surface area contributed by atoms with E-state index in [4.69, 9.17) is 16.7 Å². The average molecular weight is 272 g/mol. The Morgan fingerprint density at radius 3 is 2.67 bits per heavy atom. The molecule has 1 amide bonds. The maximum atomic E-state index is 10.9. The number of amides is 1. The molecule has 0 bridgehead atoms. The first-order valence-electron chi connectivity index (χ1n) is 5.94. The molecule has 0 radical (unpaired) electrons. The molecular weight excluding hydrogens is 254 g/mol. The fourth-order valence-electron chi connectivity index (χ4n) is 1.77. The Bertz CT molecular complexity index is 398. The van der Waals surface area contributed by atoms with Gasteiger partial charge in [0.25, 0.3) is 0 Å². The van der Waals surface area contributed by atoms with Crippen LogP contribution in [0.3, 0.4) is 0 Å². The van der Waals surface area contributed by atoms with Gasteiger partial charge in [-0.3, -0.25) is 0 Å². The predicted octanol–water partition coefficient (Wildman–Crippen LogP) is 2.63. The second-order valence-electron chi connectivity index (χ2n) is 4.18. The van der Waals surface area contributed by atoms with Crippen LogP contribution in [0.2, 0.25) is 5.02 Å². The highest BCUT2D eigenvalue weighted by Gasteiger charge is 2.16. The molecule has 0 aliphatic rings. The smallest absolute Gasteiger partial charge is 0.407 e. The van der Waals surface area contributed by atoms with Crippen molar-refractivity contribution >= 4 is 17.7 Å². The maximum Gasteiger partial charge on any atom is 0.407 e. The van der Waals surface area contributed by atoms with Crippen molar-refractivity contribution in [2.45, 2.75) is 25.9 Å². The molecule has 0 aromatic heterocycles. The fourth-order valence-corrected chi connectivity index (χ4v) is 1.98. The summed E-state index contributed by atoms with van der Waals surface area (Å²) < 4.78 is 0. The molecule has 0 spiro atoms. The number of benzene rings is 1. The van der Waals surface area contributed by atoms with E-state index in [2.05, 4.69) is 0 Å².